The van der Waals surface area contributed by atoms with Crippen LogP contribution in [-0.2, 0) is 11.3 Å². The van der Waals surface area contributed by atoms with E-state index >= 15 is 0 Å². The van der Waals surface area contributed by atoms with Crippen LogP contribution in [0.5, 0.6) is 5.75 Å². The number of phenolic OH excluding ortho intramolecular Hbond substituents is 1. The van der Waals surface area contributed by atoms with Gasteiger partial charge in [0.25, 0.3) is 5.91 Å². The summed E-state index contributed by atoms with van der Waals surface area (Å²) in [5, 5.41) is 18.9. The van der Waals surface area contributed by atoms with Crippen LogP contribution in [0.4, 0.5) is 4.39 Å². The Bertz CT molecular complexity index is 1500. The van der Waals surface area contributed by atoms with Crippen LogP contribution in [0.1, 0.15) is 59.7 Å². The molecule has 9 heteroatoms. The van der Waals surface area contributed by atoms with E-state index in [1.54, 1.807) is 61.8 Å². The predicted molar refractivity (Wildman–Crippen MR) is 159 cm³/mol. The first-order valence-electron chi connectivity index (χ1n) is 13.9. The van der Waals surface area contributed by atoms with Gasteiger partial charge in [-0.25, -0.2) is 4.39 Å². The van der Waals surface area contributed by atoms with Gasteiger partial charge in [-0.2, -0.15) is 5.10 Å². The maximum Gasteiger partial charge on any atom is 0.255 e. The van der Waals surface area contributed by atoms with E-state index in [0.717, 1.165) is 25.7 Å². The molecule has 3 aromatic carbocycles. The van der Waals surface area contributed by atoms with Crippen molar-refractivity contribution in [3.63, 3.8) is 0 Å². The van der Waals surface area contributed by atoms with Gasteiger partial charge in [0.15, 0.2) is 5.78 Å². The first-order chi connectivity index (χ1) is 19.8. The molecule has 0 aliphatic carbocycles. The molecule has 0 saturated heterocycles. The number of fused-ring (bicyclic) bond motifs is 1. The topological polar surface area (TPSA) is 93.5 Å². The molecular formula is C32H35ClFN3O4. The molecule has 216 valence electrons. The van der Waals surface area contributed by atoms with Crippen LogP contribution in [0.3, 0.4) is 0 Å². The van der Waals surface area contributed by atoms with Crippen LogP contribution in [0.2, 0.25) is 5.02 Å². The summed E-state index contributed by atoms with van der Waals surface area (Å²) in [5.41, 5.74) is 2.55. The fraction of sp³-hybridized carbons (Fsp3) is 0.344. The van der Waals surface area contributed by atoms with Crippen LogP contribution < -0.4 is 5.32 Å². The third-order valence-corrected chi connectivity index (χ3v) is 7.39. The minimum absolute atomic E-state index is 0.0504. The van der Waals surface area contributed by atoms with Gasteiger partial charge in [-0.05, 0) is 61.1 Å². The summed E-state index contributed by atoms with van der Waals surface area (Å²) in [6.07, 6.45) is 5.75. The molecule has 4 aromatic rings. The van der Waals surface area contributed by atoms with Gasteiger partial charge in [-0.1, -0.05) is 49.2 Å². The summed E-state index contributed by atoms with van der Waals surface area (Å²) in [4.78, 5) is 25.3. The SMILES string of the molecule is CCCC(CCCC(=O)c1ccc(-c2ccc(Cl)cc2F)cc1)Cn1cc2c(O)c(C(=O)NCCOC)ccc2n1. The second-order valence-electron chi connectivity index (χ2n) is 10.2. The van der Waals surface area contributed by atoms with Gasteiger partial charge in [0.1, 0.15) is 11.6 Å². The molecule has 0 aliphatic rings. The quantitative estimate of drug-likeness (QED) is 0.123. The molecule has 1 atom stereocenters. The Balaban J connectivity index is 1.35. The van der Waals surface area contributed by atoms with E-state index in [9.17, 15) is 19.1 Å². The summed E-state index contributed by atoms with van der Waals surface area (Å²) in [6, 6.07) is 14.8. The zero-order valence-corrected chi connectivity index (χ0v) is 24.1. The van der Waals surface area contributed by atoms with Gasteiger partial charge >= 0.3 is 0 Å². The van der Waals surface area contributed by atoms with E-state index < -0.39 is 5.82 Å². The molecule has 0 aliphatic heterocycles. The molecule has 1 amide bonds. The third-order valence-electron chi connectivity index (χ3n) is 7.15. The Morgan fingerprint density at radius 2 is 1.90 bits per heavy atom. The lowest BCUT2D eigenvalue weighted by atomic mass is 9.94. The van der Waals surface area contributed by atoms with E-state index in [0.29, 0.717) is 64.7 Å². The van der Waals surface area contributed by atoms with Gasteiger partial charge in [0.2, 0.25) is 0 Å². The van der Waals surface area contributed by atoms with Gasteiger partial charge in [0.05, 0.1) is 23.1 Å². The second kappa shape index (κ2) is 14.2. The zero-order valence-electron chi connectivity index (χ0n) is 23.3. The van der Waals surface area contributed by atoms with Crippen LogP contribution in [0, 0.1) is 11.7 Å². The van der Waals surface area contributed by atoms with Crippen LogP contribution in [0.25, 0.3) is 22.0 Å². The number of carbonyl (C=O) groups excluding carboxylic acids is 2. The first kappa shape index (κ1) is 30.2. The van der Waals surface area contributed by atoms with E-state index in [-0.39, 0.29) is 23.0 Å². The standard InChI is InChI=1S/C32H35ClFN3O4/c1-3-5-21(19-37-20-27-29(36-37)15-14-26(31(27)39)32(40)35-16-17-41-2)6-4-7-30(38)23-10-8-22(9-11-23)25-13-12-24(33)18-28(25)34/h8-15,18,20-21,39H,3-7,16-17,19H2,1-2H3,(H,35,40). The lowest BCUT2D eigenvalue weighted by Gasteiger charge is -2.16. The highest BCUT2D eigenvalue weighted by Gasteiger charge is 2.18. The Labute approximate surface area is 244 Å². The number of aromatic nitrogens is 2. The molecule has 2 N–H and O–H groups in total. The number of nitrogens with one attached hydrogen (secondary N) is 1. The summed E-state index contributed by atoms with van der Waals surface area (Å²) in [7, 11) is 1.56. The predicted octanol–water partition coefficient (Wildman–Crippen LogP) is 7.05. The minimum atomic E-state index is -0.400. The molecule has 7 nitrogen and oxygen atoms in total. The largest absolute Gasteiger partial charge is 0.506 e. The van der Waals surface area contributed by atoms with Crippen molar-refractivity contribution in [2.24, 2.45) is 5.92 Å². The minimum Gasteiger partial charge on any atom is -0.506 e. The van der Waals surface area contributed by atoms with Crippen molar-refractivity contribution in [3.05, 3.63) is 82.8 Å². The Morgan fingerprint density at radius 1 is 1.12 bits per heavy atom. The Morgan fingerprint density at radius 3 is 2.61 bits per heavy atom. The number of ether oxygens (including phenoxy) is 1. The first-order valence-corrected chi connectivity index (χ1v) is 14.2. The Hall–Kier alpha value is -3.75. The van der Waals surface area contributed by atoms with E-state index in [1.165, 1.54) is 6.07 Å². The number of phenols is 1. The summed E-state index contributed by atoms with van der Waals surface area (Å²) in [6.45, 7) is 3.51. The zero-order chi connectivity index (χ0) is 29.4. The van der Waals surface area contributed by atoms with Gasteiger partial charge in [-0.3, -0.25) is 14.3 Å². The molecule has 0 radical (unpaired) electrons. The molecule has 1 unspecified atom stereocenters. The van der Waals surface area contributed by atoms with Crippen molar-refractivity contribution in [2.45, 2.75) is 45.6 Å². The van der Waals surface area contributed by atoms with Crippen LogP contribution >= 0.6 is 11.6 Å². The van der Waals surface area contributed by atoms with Crippen molar-refractivity contribution in [1.29, 1.82) is 0 Å². The second-order valence-corrected chi connectivity index (χ2v) is 10.6. The number of hydrogen-bond acceptors (Lipinski definition) is 5. The highest BCUT2D eigenvalue weighted by Crippen LogP contribution is 2.29. The van der Waals surface area contributed by atoms with Gasteiger partial charge < -0.3 is 15.2 Å². The van der Waals surface area contributed by atoms with Crippen LogP contribution in [0.15, 0.2) is 60.8 Å². The molecule has 1 aromatic heterocycles. The normalized spacial score (nSPS) is 12.0. The van der Waals surface area contributed by atoms with Crippen molar-refractivity contribution in [2.75, 3.05) is 20.3 Å². The Kier molecular flexibility index (Phi) is 10.5. The van der Waals surface area contributed by atoms with E-state index in [4.69, 9.17) is 16.3 Å². The van der Waals surface area contributed by atoms with Crippen LogP contribution in [-0.4, -0.2) is 46.8 Å². The monoisotopic (exact) mass is 579 g/mol. The molecule has 0 bridgehead atoms. The number of carbonyl (C=O) groups is 2. The molecule has 41 heavy (non-hydrogen) atoms. The molecule has 0 fully saturated rings. The van der Waals surface area contributed by atoms with E-state index in [2.05, 4.69) is 17.3 Å². The number of amides is 1. The average Bonchev–Trinajstić information content (AvgIpc) is 3.37. The highest BCUT2D eigenvalue weighted by molar-refractivity contribution is 6.30. The van der Waals surface area contributed by atoms with Crippen molar-refractivity contribution in [3.8, 4) is 16.9 Å². The fourth-order valence-electron chi connectivity index (χ4n) is 5.02. The highest BCUT2D eigenvalue weighted by atomic mass is 35.5. The number of hydrogen-bond donors (Lipinski definition) is 2. The third kappa shape index (κ3) is 7.71. The molecular weight excluding hydrogens is 545 g/mol. The molecule has 4 rings (SSSR count). The fourth-order valence-corrected chi connectivity index (χ4v) is 5.18. The van der Waals surface area contributed by atoms with E-state index in [1.807, 2.05) is 4.68 Å². The van der Waals surface area contributed by atoms with Crippen molar-refractivity contribution >= 4 is 34.2 Å². The number of Topliss-reactive ketones (excluding diaryl/α,β-unsaturated/α-hetero) is 1. The number of halogens is 2. The maximum atomic E-state index is 14.2. The summed E-state index contributed by atoms with van der Waals surface area (Å²) >= 11 is 5.85. The maximum absolute atomic E-state index is 14.2. The van der Waals surface area contributed by atoms with Crippen molar-refractivity contribution < 1.29 is 23.8 Å². The number of benzene rings is 3. The smallest absolute Gasteiger partial charge is 0.255 e. The summed E-state index contributed by atoms with van der Waals surface area (Å²) < 4.78 is 21.0. The number of nitrogens with zero attached hydrogens (tertiary/aromatic N) is 2. The molecule has 0 spiro atoms. The number of methoxy groups -OCH3 is 1. The lowest BCUT2D eigenvalue weighted by Crippen LogP contribution is -2.26. The number of rotatable bonds is 14. The number of ketones is 1. The average molecular weight is 580 g/mol. The number of aromatic hydroxyl groups is 1. The van der Waals surface area contributed by atoms with Gasteiger partial charge in [0, 0.05) is 49.0 Å². The molecule has 0 saturated carbocycles. The van der Waals surface area contributed by atoms with Gasteiger partial charge in [-0.15, -0.1) is 0 Å². The molecule has 1 heterocycles. The summed E-state index contributed by atoms with van der Waals surface area (Å²) in [5.74, 6) is -0.505. The lowest BCUT2D eigenvalue weighted by molar-refractivity contribution is 0.0933. The van der Waals surface area contributed by atoms with Crippen molar-refractivity contribution in [1.82, 2.24) is 15.1 Å².